The number of hydrogen-bond acceptors (Lipinski definition) is 3. The maximum Gasteiger partial charge on any atom is 0.223 e. The molecule has 2 heterocycles. The summed E-state index contributed by atoms with van der Waals surface area (Å²) in [6, 6.07) is 9.21. The van der Waals surface area contributed by atoms with Gasteiger partial charge in [0.15, 0.2) is 0 Å². The Hall–Kier alpha value is -1.16. The molecule has 2 atom stereocenters. The number of carbonyl (C=O) groups excluding carboxylic acids is 1. The average Bonchev–Trinajstić information content (AvgIpc) is 2.88. The van der Waals surface area contributed by atoms with E-state index in [1.807, 2.05) is 23.9 Å². The standard InChI is InChI=1S/C20H29NO2S/c1-3-12-23-18-9-4-15(5-10-18)6-11-20(22)21-16-7-8-17(21)14-19(13-16)24-2/h4-5,9-10,16-17,19H,3,6-8,11-14H2,1-2H3/t16-,17-/m0/s1. The molecule has 0 radical (unpaired) electrons. The minimum atomic E-state index is 0.355. The van der Waals surface area contributed by atoms with Crippen molar-refractivity contribution in [2.45, 2.75) is 69.2 Å². The number of hydrogen-bond donors (Lipinski definition) is 0. The third kappa shape index (κ3) is 4.08. The Kier molecular flexibility index (Phi) is 6.09. The molecule has 1 aromatic carbocycles. The Labute approximate surface area is 150 Å². The molecule has 132 valence electrons. The molecule has 0 spiro atoms. The fourth-order valence-electron chi connectivity index (χ4n) is 4.08. The van der Waals surface area contributed by atoms with Crippen molar-refractivity contribution in [3.63, 3.8) is 0 Å². The molecule has 3 nitrogen and oxygen atoms in total. The van der Waals surface area contributed by atoms with Crippen LogP contribution in [0.4, 0.5) is 0 Å². The highest BCUT2D eigenvalue weighted by atomic mass is 32.2. The van der Waals surface area contributed by atoms with Gasteiger partial charge in [-0.1, -0.05) is 19.1 Å². The summed E-state index contributed by atoms with van der Waals surface area (Å²) in [5, 5.41) is 0.752. The second kappa shape index (κ2) is 8.28. The van der Waals surface area contributed by atoms with E-state index in [-0.39, 0.29) is 0 Å². The van der Waals surface area contributed by atoms with Crippen LogP contribution in [-0.4, -0.2) is 41.0 Å². The number of rotatable bonds is 7. The molecule has 0 unspecified atom stereocenters. The lowest BCUT2D eigenvalue weighted by Crippen LogP contribution is -2.47. The Morgan fingerprint density at radius 3 is 2.46 bits per heavy atom. The zero-order valence-corrected chi connectivity index (χ0v) is 15.7. The van der Waals surface area contributed by atoms with Gasteiger partial charge in [0.05, 0.1) is 6.61 Å². The first-order valence-electron chi connectivity index (χ1n) is 9.27. The fraction of sp³-hybridized carbons (Fsp3) is 0.650. The van der Waals surface area contributed by atoms with Crippen LogP contribution in [0.3, 0.4) is 0 Å². The smallest absolute Gasteiger partial charge is 0.223 e. The molecule has 2 bridgehead atoms. The van der Waals surface area contributed by atoms with E-state index < -0.39 is 0 Å². The monoisotopic (exact) mass is 347 g/mol. The van der Waals surface area contributed by atoms with E-state index in [0.717, 1.165) is 30.4 Å². The molecule has 1 aromatic rings. The maximum atomic E-state index is 12.7. The lowest BCUT2D eigenvalue weighted by atomic mass is 10.0. The predicted octanol–water partition coefficient (Wildman–Crippen LogP) is 4.29. The summed E-state index contributed by atoms with van der Waals surface area (Å²) in [5.41, 5.74) is 1.22. The number of ether oxygens (including phenoxy) is 1. The van der Waals surface area contributed by atoms with E-state index >= 15 is 0 Å². The second-order valence-corrected chi connectivity index (χ2v) is 8.15. The summed E-state index contributed by atoms with van der Waals surface area (Å²) in [7, 11) is 0. The summed E-state index contributed by atoms with van der Waals surface area (Å²) in [4.78, 5) is 15.0. The zero-order chi connectivity index (χ0) is 16.9. The minimum Gasteiger partial charge on any atom is -0.494 e. The molecular weight excluding hydrogens is 318 g/mol. The van der Waals surface area contributed by atoms with Crippen molar-refractivity contribution < 1.29 is 9.53 Å². The molecule has 0 aromatic heterocycles. The Morgan fingerprint density at radius 1 is 1.21 bits per heavy atom. The number of piperidine rings is 1. The second-order valence-electron chi connectivity index (χ2n) is 7.01. The van der Waals surface area contributed by atoms with Gasteiger partial charge in [0.2, 0.25) is 5.91 Å². The van der Waals surface area contributed by atoms with Crippen molar-refractivity contribution in [1.29, 1.82) is 0 Å². The summed E-state index contributed by atoms with van der Waals surface area (Å²) in [6.07, 6.45) is 9.47. The molecule has 2 saturated heterocycles. The Morgan fingerprint density at radius 2 is 1.88 bits per heavy atom. The number of carbonyl (C=O) groups is 1. The van der Waals surface area contributed by atoms with Gasteiger partial charge >= 0.3 is 0 Å². The van der Waals surface area contributed by atoms with Crippen LogP contribution in [-0.2, 0) is 11.2 Å². The highest BCUT2D eigenvalue weighted by Crippen LogP contribution is 2.39. The molecule has 2 fully saturated rings. The Bertz CT molecular complexity index is 531. The molecule has 2 aliphatic heterocycles. The molecule has 1 amide bonds. The SMILES string of the molecule is CCCOc1ccc(CCC(=O)N2[C@H]3CC[C@H]2CC(SC)C3)cc1. The van der Waals surface area contributed by atoms with Crippen LogP contribution in [0.15, 0.2) is 24.3 Å². The van der Waals surface area contributed by atoms with Crippen molar-refractivity contribution in [2.24, 2.45) is 0 Å². The van der Waals surface area contributed by atoms with E-state index in [1.165, 1.54) is 31.2 Å². The van der Waals surface area contributed by atoms with Crippen LogP contribution >= 0.6 is 11.8 Å². The molecule has 4 heteroatoms. The molecule has 3 rings (SSSR count). The van der Waals surface area contributed by atoms with E-state index in [0.29, 0.717) is 24.4 Å². The molecule has 0 saturated carbocycles. The van der Waals surface area contributed by atoms with Gasteiger partial charge in [-0.3, -0.25) is 4.79 Å². The van der Waals surface area contributed by atoms with E-state index in [1.54, 1.807) is 0 Å². The number of fused-ring (bicyclic) bond motifs is 2. The van der Waals surface area contributed by atoms with Gasteiger partial charge in [-0.25, -0.2) is 0 Å². The lowest BCUT2D eigenvalue weighted by Gasteiger charge is -2.38. The predicted molar refractivity (Wildman–Crippen MR) is 101 cm³/mol. The number of nitrogens with zero attached hydrogens (tertiary/aromatic N) is 1. The highest BCUT2D eigenvalue weighted by Gasteiger charge is 2.42. The van der Waals surface area contributed by atoms with Crippen molar-refractivity contribution >= 4 is 17.7 Å². The van der Waals surface area contributed by atoms with Crippen LogP contribution in [0.1, 0.15) is 51.0 Å². The first-order chi connectivity index (χ1) is 11.7. The van der Waals surface area contributed by atoms with Gasteiger partial charge < -0.3 is 9.64 Å². The van der Waals surface area contributed by atoms with Gasteiger partial charge in [0.25, 0.3) is 0 Å². The molecule has 2 aliphatic rings. The van der Waals surface area contributed by atoms with Gasteiger partial charge in [0.1, 0.15) is 5.75 Å². The van der Waals surface area contributed by atoms with Crippen LogP contribution in [0.2, 0.25) is 0 Å². The van der Waals surface area contributed by atoms with Gasteiger partial charge in [-0.2, -0.15) is 11.8 Å². The Balaban J connectivity index is 1.51. The summed E-state index contributed by atoms with van der Waals surface area (Å²) >= 11 is 1.97. The third-order valence-corrected chi connectivity index (χ3v) is 6.39. The summed E-state index contributed by atoms with van der Waals surface area (Å²) in [6.45, 7) is 2.86. The fourth-order valence-corrected chi connectivity index (χ4v) is 4.91. The maximum absolute atomic E-state index is 12.7. The molecule has 0 aliphatic carbocycles. The number of benzene rings is 1. The summed E-state index contributed by atoms with van der Waals surface area (Å²) < 4.78 is 5.61. The topological polar surface area (TPSA) is 29.5 Å². The van der Waals surface area contributed by atoms with Gasteiger partial charge in [-0.15, -0.1) is 0 Å². The first-order valence-corrected chi connectivity index (χ1v) is 10.6. The van der Waals surface area contributed by atoms with Crippen LogP contribution in [0.25, 0.3) is 0 Å². The normalized spacial score (nSPS) is 25.8. The van der Waals surface area contributed by atoms with Crippen molar-refractivity contribution in [1.82, 2.24) is 4.90 Å². The quantitative estimate of drug-likeness (QED) is 0.737. The lowest BCUT2D eigenvalue weighted by molar-refractivity contribution is -0.135. The zero-order valence-electron chi connectivity index (χ0n) is 14.9. The van der Waals surface area contributed by atoms with Crippen LogP contribution in [0, 0.1) is 0 Å². The van der Waals surface area contributed by atoms with Gasteiger partial charge in [0, 0.05) is 23.8 Å². The van der Waals surface area contributed by atoms with Crippen LogP contribution < -0.4 is 4.74 Å². The number of thioether (sulfide) groups is 1. The summed E-state index contributed by atoms with van der Waals surface area (Å²) in [5.74, 6) is 1.28. The van der Waals surface area contributed by atoms with Crippen molar-refractivity contribution in [3.05, 3.63) is 29.8 Å². The average molecular weight is 348 g/mol. The van der Waals surface area contributed by atoms with E-state index in [2.05, 4.69) is 30.2 Å². The minimum absolute atomic E-state index is 0.355. The molecular formula is C20H29NO2S. The van der Waals surface area contributed by atoms with Crippen molar-refractivity contribution in [3.8, 4) is 5.75 Å². The third-order valence-electron chi connectivity index (χ3n) is 5.33. The van der Waals surface area contributed by atoms with Crippen LogP contribution in [0.5, 0.6) is 5.75 Å². The molecule has 24 heavy (non-hydrogen) atoms. The van der Waals surface area contributed by atoms with Crippen molar-refractivity contribution in [2.75, 3.05) is 12.9 Å². The largest absolute Gasteiger partial charge is 0.494 e. The first kappa shape index (κ1) is 17.7. The number of amides is 1. The van der Waals surface area contributed by atoms with Gasteiger partial charge in [-0.05, 0) is 62.5 Å². The van der Waals surface area contributed by atoms with E-state index in [4.69, 9.17) is 4.74 Å². The molecule has 0 N–H and O–H groups in total. The highest BCUT2D eigenvalue weighted by molar-refractivity contribution is 7.99. The van der Waals surface area contributed by atoms with E-state index in [9.17, 15) is 4.79 Å². The number of aryl methyl sites for hydroxylation is 1.